The summed E-state index contributed by atoms with van der Waals surface area (Å²) in [6, 6.07) is 14.5. The minimum Gasteiger partial charge on any atom is -0.398 e. The molecular weight excluding hydrogens is 320 g/mol. The molecule has 4 heteroatoms. The van der Waals surface area contributed by atoms with Crippen LogP contribution >= 0.6 is 27.7 Å². The summed E-state index contributed by atoms with van der Waals surface area (Å²) in [5.74, 6) is 0. The van der Waals surface area contributed by atoms with Gasteiger partial charge in [0.05, 0.1) is 5.03 Å². The van der Waals surface area contributed by atoms with Crippen LogP contribution in [0.2, 0.25) is 0 Å². The monoisotopic (exact) mass is 332 g/mol. The molecule has 0 unspecified atom stereocenters. The van der Waals surface area contributed by atoms with E-state index in [4.69, 9.17) is 5.73 Å². The molecule has 0 atom stereocenters. The van der Waals surface area contributed by atoms with E-state index in [1.807, 2.05) is 25.1 Å². The van der Waals surface area contributed by atoms with Crippen LogP contribution in [0.3, 0.4) is 0 Å². The summed E-state index contributed by atoms with van der Waals surface area (Å²) in [7, 11) is 0. The topological polar surface area (TPSA) is 41.8 Å². The van der Waals surface area contributed by atoms with E-state index in [2.05, 4.69) is 45.2 Å². The zero-order valence-corrected chi connectivity index (χ0v) is 12.8. The van der Waals surface area contributed by atoms with Gasteiger partial charge in [0.25, 0.3) is 0 Å². The Morgan fingerprint density at radius 3 is 2.74 bits per heavy atom. The molecule has 1 heterocycles. The molecule has 3 aromatic rings. The van der Waals surface area contributed by atoms with Crippen molar-refractivity contribution in [3.8, 4) is 0 Å². The minimum atomic E-state index is 0.813. The van der Waals surface area contributed by atoms with Gasteiger partial charge in [-0.25, -0.2) is 0 Å². The number of para-hydroxylation sites is 1. The molecule has 3 rings (SSSR count). The lowest BCUT2D eigenvalue weighted by molar-refractivity contribution is 1.22. The summed E-state index contributed by atoms with van der Waals surface area (Å²) in [4.78, 5) is 4.58. The highest BCUT2D eigenvalue weighted by Gasteiger charge is 2.07. The normalized spacial score (nSPS) is 11.1. The van der Waals surface area contributed by atoms with E-state index in [0.29, 0.717) is 0 Å². The van der Waals surface area contributed by atoms with Crippen molar-refractivity contribution < 1.29 is 0 Å². The van der Waals surface area contributed by atoms with Crippen LogP contribution in [0.4, 0.5) is 5.69 Å². The molecule has 0 radical (unpaired) electrons. The molecule has 0 fully saturated rings. The molecule has 2 nitrogen and oxygen atoms in total. The quantitative estimate of drug-likeness (QED) is 0.650. The van der Waals surface area contributed by atoms with Crippen molar-refractivity contribution >= 4 is 44.3 Å². The number of aryl methyl sites for hydroxylation is 1. The molecule has 0 saturated carbocycles. The molecule has 0 aliphatic heterocycles. The minimum absolute atomic E-state index is 0.813. The Balaban J connectivity index is 1.98. The van der Waals surface area contributed by atoms with Crippen molar-refractivity contribution in [3.05, 3.63) is 52.5 Å². The SMILES string of the molecule is Cc1cc(Sc2cc3ccccc3[nH]2)c(Br)cc1N. The van der Waals surface area contributed by atoms with Crippen molar-refractivity contribution in [2.75, 3.05) is 5.73 Å². The predicted octanol–water partition coefficient (Wildman–Crippen LogP) is 4.97. The molecule has 1 aromatic heterocycles. The molecule has 2 aromatic carbocycles. The zero-order chi connectivity index (χ0) is 13.4. The van der Waals surface area contributed by atoms with Gasteiger partial charge in [-0.15, -0.1) is 0 Å². The predicted molar refractivity (Wildman–Crippen MR) is 85.7 cm³/mol. The summed E-state index contributed by atoms with van der Waals surface area (Å²) in [5, 5.41) is 2.36. The van der Waals surface area contributed by atoms with Crippen LogP contribution < -0.4 is 5.73 Å². The lowest BCUT2D eigenvalue weighted by Gasteiger charge is -2.06. The first-order chi connectivity index (χ1) is 9.13. The van der Waals surface area contributed by atoms with Crippen LogP contribution in [0.1, 0.15) is 5.56 Å². The number of rotatable bonds is 2. The highest BCUT2D eigenvalue weighted by molar-refractivity contribution is 9.10. The van der Waals surface area contributed by atoms with E-state index in [-0.39, 0.29) is 0 Å². The van der Waals surface area contributed by atoms with Gasteiger partial charge in [0.1, 0.15) is 0 Å². The van der Waals surface area contributed by atoms with E-state index >= 15 is 0 Å². The second-order valence-electron chi connectivity index (χ2n) is 4.46. The number of hydrogen-bond donors (Lipinski definition) is 2. The lowest BCUT2D eigenvalue weighted by Crippen LogP contribution is -1.90. The number of aromatic nitrogens is 1. The van der Waals surface area contributed by atoms with Crippen LogP contribution in [-0.4, -0.2) is 4.98 Å². The molecule has 19 heavy (non-hydrogen) atoms. The second-order valence-corrected chi connectivity index (χ2v) is 6.40. The molecule has 0 saturated heterocycles. The Morgan fingerprint density at radius 1 is 1.16 bits per heavy atom. The largest absolute Gasteiger partial charge is 0.398 e. The number of aromatic amines is 1. The molecular formula is C15H13BrN2S. The summed E-state index contributed by atoms with van der Waals surface area (Å²) in [6.45, 7) is 2.02. The standard InChI is InChI=1S/C15H13BrN2S/c1-9-6-14(11(16)8-12(9)17)19-15-7-10-4-2-3-5-13(10)18-15/h2-8,18H,17H2,1H3. The average molecular weight is 333 g/mol. The number of H-pyrrole nitrogens is 1. The Bertz CT molecular complexity index is 716. The molecule has 0 bridgehead atoms. The summed E-state index contributed by atoms with van der Waals surface area (Å²) in [5.41, 5.74) is 8.97. The maximum Gasteiger partial charge on any atom is 0.0781 e. The Morgan fingerprint density at radius 2 is 1.95 bits per heavy atom. The number of anilines is 1. The van der Waals surface area contributed by atoms with E-state index in [1.165, 1.54) is 10.3 Å². The zero-order valence-electron chi connectivity index (χ0n) is 10.4. The number of nitrogens with one attached hydrogen (secondary N) is 1. The third kappa shape index (κ3) is 2.51. The third-order valence-corrected chi connectivity index (χ3v) is 4.96. The van der Waals surface area contributed by atoms with E-state index in [1.54, 1.807) is 11.8 Å². The van der Waals surface area contributed by atoms with E-state index < -0.39 is 0 Å². The van der Waals surface area contributed by atoms with Gasteiger partial charge in [0, 0.05) is 26.0 Å². The Labute approximate surface area is 124 Å². The van der Waals surface area contributed by atoms with Gasteiger partial charge in [0.2, 0.25) is 0 Å². The molecule has 0 amide bonds. The number of fused-ring (bicyclic) bond motifs is 1. The summed E-state index contributed by atoms with van der Waals surface area (Å²) < 4.78 is 1.03. The van der Waals surface area contributed by atoms with Gasteiger partial charge in [-0.2, -0.15) is 0 Å². The number of nitrogens with two attached hydrogens (primary N) is 1. The second kappa shape index (κ2) is 4.94. The van der Waals surface area contributed by atoms with Crippen LogP contribution in [0.15, 0.2) is 56.9 Å². The molecule has 0 aliphatic carbocycles. The highest BCUT2D eigenvalue weighted by Crippen LogP contribution is 2.36. The molecule has 0 spiro atoms. The summed E-state index contributed by atoms with van der Waals surface area (Å²) >= 11 is 5.27. The fraction of sp³-hybridized carbons (Fsp3) is 0.0667. The van der Waals surface area contributed by atoms with Crippen molar-refractivity contribution in [2.24, 2.45) is 0 Å². The average Bonchev–Trinajstić information content (AvgIpc) is 2.78. The maximum atomic E-state index is 5.90. The van der Waals surface area contributed by atoms with Gasteiger partial charge in [-0.3, -0.25) is 0 Å². The third-order valence-electron chi connectivity index (χ3n) is 3.05. The number of benzene rings is 2. The van der Waals surface area contributed by atoms with Crippen molar-refractivity contribution in [1.82, 2.24) is 4.98 Å². The summed E-state index contributed by atoms with van der Waals surface area (Å²) in [6.07, 6.45) is 0. The van der Waals surface area contributed by atoms with Crippen LogP contribution in [0.5, 0.6) is 0 Å². The Hall–Kier alpha value is -1.39. The lowest BCUT2D eigenvalue weighted by atomic mass is 10.2. The fourth-order valence-corrected chi connectivity index (χ4v) is 3.55. The highest BCUT2D eigenvalue weighted by atomic mass is 79.9. The van der Waals surface area contributed by atoms with Gasteiger partial charge in [0.15, 0.2) is 0 Å². The van der Waals surface area contributed by atoms with Crippen molar-refractivity contribution in [3.63, 3.8) is 0 Å². The van der Waals surface area contributed by atoms with Gasteiger partial charge in [-0.05, 0) is 52.7 Å². The molecule has 3 N–H and O–H groups in total. The van der Waals surface area contributed by atoms with E-state index in [0.717, 1.165) is 26.3 Å². The van der Waals surface area contributed by atoms with Gasteiger partial charge < -0.3 is 10.7 Å². The van der Waals surface area contributed by atoms with Gasteiger partial charge >= 0.3 is 0 Å². The van der Waals surface area contributed by atoms with Gasteiger partial charge in [-0.1, -0.05) is 30.0 Å². The number of nitrogen functional groups attached to an aromatic ring is 1. The van der Waals surface area contributed by atoms with Crippen molar-refractivity contribution in [2.45, 2.75) is 16.8 Å². The number of halogens is 1. The maximum absolute atomic E-state index is 5.90. The van der Waals surface area contributed by atoms with Crippen LogP contribution in [0, 0.1) is 6.92 Å². The Kier molecular flexibility index (Phi) is 3.29. The van der Waals surface area contributed by atoms with Crippen LogP contribution in [0.25, 0.3) is 10.9 Å². The van der Waals surface area contributed by atoms with Crippen LogP contribution in [-0.2, 0) is 0 Å². The first-order valence-corrected chi connectivity index (χ1v) is 7.55. The number of hydrogen-bond acceptors (Lipinski definition) is 2. The molecule has 96 valence electrons. The van der Waals surface area contributed by atoms with Crippen molar-refractivity contribution in [1.29, 1.82) is 0 Å². The smallest absolute Gasteiger partial charge is 0.0781 e. The van der Waals surface area contributed by atoms with E-state index in [9.17, 15) is 0 Å². The first-order valence-electron chi connectivity index (χ1n) is 5.95. The fourth-order valence-electron chi connectivity index (χ4n) is 1.97. The molecule has 0 aliphatic rings. The first kappa shape index (κ1) is 12.6.